The van der Waals surface area contributed by atoms with Crippen LogP contribution in [0.3, 0.4) is 0 Å². The molecule has 0 aliphatic heterocycles. The number of rotatable bonds is 3. The lowest BCUT2D eigenvalue weighted by atomic mass is 10.2. The molecule has 0 saturated heterocycles. The van der Waals surface area contributed by atoms with E-state index in [1.807, 2.05) is 6.07 Å². The predicted octanol–water partition coefficient (Wildman–Crippen LogP) is 2.55. The summed E-state index contributed by atoms with van der Waals surface area (Å²) in [5.41, 5.74) is 6.39. The molecule has 0 radical (unpaired) electrons. The Labute approximate surface area is 97.3 Å². The van der Waals surface area contributed by atoms with Crippen molar-refractivity contribution < 1.29 is 8.78 Å². The lowest BCUT2D eigenvalue weighted by molar-refractivity contribution is 0.587. The number of nitrogen functional groups attached to an aromatic ring is 1. The van der Waals surface area contributed by atoms with Gasteiger partial charge in [-0.3, -0.25) is 4.98 Å². The summed E-state index contributed by atoms with van der Waals surface area (Å²) in [6, 6.07) is 7.33. The van der Waals surface area contributed by atoms with Gasteiger partial charge >= 0.3 is 0 Å². The monoisotopic (exact) mass is 235 g/mol. The Morgan fingerprint density at radius 1 is 1.24 bits per heavy atom. The molecule has 0 aliphatic carbocycles. The van der Waals surface area contributed by atoms with Gasteiger partial charge in [0.25, 0.3) is 0 Å². The Bertz CT molecular complexity index is 515. The molecule has 3 nitrogen and oxygen atoms in total. The van der Waals surface area contributed by atoms with Gasteiger partial charge in [-0.2, -0.15) is 0 Å². The zero-order valence-corrected chi connectivity index (χ0v) is 8.95. The molecule has 0 aliphatic rings. The van der Waals surface area contributed by atoms with E-state index in [1.165, 1.54) is 0 Å². The number of anilines is 2. The number of nitrogens with two attached hydrogens (primary N) is 1. The van der Waals surface area contributed by atoms with Crippen LogP contribution in [0, 0.1) is 11.6 Å². The molecule has 1 heterocycles. The van der Waals surface area contributed by atoms with Crippen molar-refractivity contribution in [2.75, 3.05) is 11.1 Å². The number of nitrogens with one attached hydrogen (secondary N) is 1. The number of hydrogen-bond donors (Lipinski definition) is 2. The fraction of sp³-hybridized carbons (Fsp3) is 0.0833. The first-order valence-electron chi connectivity index (χ1n) is 5.05. The van der Waals surface area contributed by atoms with Crippen molar-refractivity contribution in [3.05, 3.63) is 53.9 Å². The maximum Gasteiger partial charge on any atom is 0.151 e. The summed E-state index contributed by atoms with van der Waals surface area (Å²) in [7, 11) is 0. The van der Waals surface area contributed by atoms with Crippen LogP contribution in [0.25, 0.3) is 0 Å². The van der Waals surface area contributed by atoms with E-state index >= 15 is 0 Å². The molecule has 1 aromatic heterocycles. The van der Waals surface area contributed by atoms with Crippen molar-refractivity contribution in [3.8, 4) is 0 Å². The van der Waals surface area contributed by atoms with Crippen LogP contribution in [0.5, 0.6) is 0 Å². The lowest BCUT2D eigenvalue weighted by Crippen LogP contribution is -2.05. The van der Waals surface area contributed by atoms with Gasteiger partial charge in [0, 0.05) is 12.3 Å². The second-order valence-electron chi connectivity index (χ2n) is 3.52. The zero-order valence-electron chi connectivity index (χ0n) is 8.95. The van der Waals surface area contributed by atoms with Crippen molar-refractivity contribution in [3.63, 3.8) is 0 Å². The second kappa shape index (κ2) is 4.78. The normalized spacial score (nSPS) is 10.2. The molecule has 3 N–H and O–H groups in total. The highest BCUT2D eigenvalue weighted by molar-refractivity contribution is 5.66. The maximum atomic E-state index is 13.1. The molecule has 0 amide bonds. The van der Waals surface area contributed by atoms with Crippen LogP contribution in [0.2, 0.25) is 0 Å². The van der Waals surface area contributed by atoms with Gasteiger partial charge in [-0.1, -0.05) is 6.07 Å². The minimum atomic E-state index is -0.770. The van der Waals surface area contributed by atoms with E-state index in [0.29, 0.717) is 6.54 Å². The number of nitrogens with zero attached hydrogens (tertiary/aromatic N) is 1. The Hall–Kier alpha value is -2.17. The van der Waals surface area contributed by atoms with Crippen molar-refractivity contribution in [2.24, 2.45) is 0 Å². The summed E-state index contributed by atoms with van der Waals surface area (Å²) in [6.45, 7) is 0.355. The summed E-state index contributed by atoms with van der Waals surface area (Å²) in [6.07, 6.45) is 1.65. The van der Waals surface area contributed by atoms with Gasteiger partial charge < -0.3 is 11.1 Å². The molecule has 0 bridgehead atoms. The van der Waals surface area contributed by atoms with Gasteiger partial charge in [0.15, 0.2) is 5.82 Å². The van der Waals surface area contributed by atoms with Gasteiger partial charge in [-0.05, 0) is 18.2 Å². The summed E-state index contributed by atoms with van der Waals surface area (Å²) in [4.78, 5) is 4.08. The smallest absolute Gasteiger partial charge is 0.151 e. The van der Waals surface area contributed by atoms with E-state index in [2.05, 4.69) is 10.3 Å². The molecule has 88 valence electrons. The Morgan fingerprint density at radius 3 is 2.76 bits per heavy atom. The van der Waals surface area contributed by atoms with Gasteiger partial charge in [-0.15, -0.1) is 0 Å². The number of aromatic nitrogens is 1. The average molecular weight is 235 g/mol. The molecule has 0 saturated carbocycles. The second-order valence-corrected chi connectivity index (χ2v) is 3.52. The van der Waals surface area contributed by atoms with E-state index < -0.39 is 11.6 Å². The highest BCUT2D eigenvalue weighted by atomic mass is 19.1. The highest BCUT2D eigenvalue weighted by Crippen LogP contribution is 2.23. The van der Waals surface area contributed by atoms with Crippen LogP contribution in [-0.2, 0) is 6.54 Å². The largest absolute Gasteiger partial charge is 0.395 e. The minimum absolute atomic E-state index is 0.0951. The number of pyridine rings is 1. The summed E-state index contributed by atoms with van der Waals surface area (Å²) < 4.78 is 26.1. The third-order valence-corrected chi connectivity index (χ3v) is 2.28. The molecule has 2 aromatic rings. The number of benzene rings is 1. The quantitative estimate of drug-likeness (QED) is 0.804. The first-order chi connectivity index (χ1) is 8.16. The van der Waals surface area contributed by atoms with E-state index in [1.54, 1.807) is 18.3 Å². The maximum absolute atomic E-state index is 13.1. The van der Waals surface area contributed by atoms with Gasteiger partial charge in [0.2, 0.25) is 0 Å². The Kier molecular flexibility index (Phi) is 3.18. The Morgan fingerprint density at radius 2 is 2.06 bits per heavy atom. The summed E-state index contributed by atoms with van der Waals surface area (Å²) in [5.74, 6) is -1.44. The van der Waals surface area contributed by atoms with Crippen LogP contribution in [0.1, 0.15) is 5.69 Å². The van der Waals surface area contributed by atoms with E-state index in [0.717, 1.165) is 17.8 Å². The molecule has 0 spiro atoms. The minimum Gasteiger partial charge on any atom is -0.395 e. The zero-order chi connectivity index (χ0) is 12.3. The highest BCUT2D eigenvalue weighted by Gasteiger charge is 2.07. The van der Waals surface area contributed by atoms with Gasteiger partial charge in [0.05, 0.1) is 23.6 Å². The summed E-state index contributed by atoms with van der Waals surface area (Å²) >= 11 is 0. The predicted molar refractivity (Wildman–Crippen MR) is 62.3 cm³/mol. The van der Waals surface area contributed by atoms with E-state index in [9.17, 15) is 8.78 Å². The SMILES string of the molecule is Nc1c(F)cc(F)cc1NCc1ccccn1. The molecule has 0 atom stereocenters. The Balaban J connectivity index is 2.14. The standard InChI is InChI=1S/C12H11F2N3/c13-8-5-10(14)12(15)11(6-8)17-7-9-3-1-2-4-16-9/h1-6,17H,7,15H2. The molecule has 0 unspecified atom stereocenters. The third-order valence-electron chi connectivity index (χ3n) is 2.28. The number of hydrogen-bond acceptors (Lipinski definition) is 3. The van der Waals surface area contributed by atoms with Crippen molar-refractivity contribution >= 4 is 11.4 Å². The fourth-order valence-corrected chi connectivity index (χ4v) is 1.42. The van der Waals surface area contributed by atoms with Crippen LogP contribution in [0.4, 0.5) is 20.2 Å². The van der Waals surface area contributed by atoms with Crippen molar-refractivity contribution in [2.45, 2.75) is 6.54 Å². The van der Waals surface area contributed by atoms with Crippen LogP contribution in [0.15, 0.2) is 36.5 Å². The fourth-order valence-electron chi connectivity index (χ4n) is 1.42. The molecule has 1 aromatic carbocycles. The molecule has 0 fully saturated rings. The van der Waals surface area contributed by atoms with Crippen LogP contribution >= 0.6 is 0 Å². The van der Waals surface area contributed by atoms with E-state index in [-0.39, 0.29) is 11.4 Å². The average Bonchev–Trinajstić information content (AvgIpc) is 2.33. The van der Waals surface area contributed by atoms with Gasteiger partial charge in [0.1, 0.15) is 5.82 Å². The van der Waals surface area contributed by atoms with Crippen molar-refractivity contribution in [1.29, 1.82) is 0 Å². The summed E-state index contributed by atoms with van der Waals surface area (Å²) in [5, 5.41) is 2.84. The number of halogens is 2. The topological polar surface area (TPSA) is 50.9 Å². The van der Waals surface area contributed by atoms with Crippen LogP contribution < -0.4 is 11.1 Å². The van der Waals surface area contributed by atoms with Crippen LogP contribution in [-0.4, -0.2) is 4.98 Å². The molecular weight excluding hydrogens is 224 g/mol. The molecule has 2 rings (SSSR count). The van der Waals surface area contributed by atoms with Crippen molar-refractivity contribution in [1.82, 2.24) is 4.98 Å². The lowest BCUT2D eigenvalue weighted by Gasteiger charge is -2.09. The van der Waals surface area contributed by atoms with E-state index in [4.69, 9.17) is 5.73 Å². The molecule has 5 heteroatoms. The third kappa shape index (κ3) is 2.69. The van der Waals surface area contributed by atoms with Gasteiger partial charge in [-0.25, -0.2) is 8.78 Å². The first-order valence-corrected chi connectivity index (χ1v) is 5.05. The molecular formula is C12H11F2N3. The first kappa shape index (κ1) is 11.3. The molecule has 17 heavy (non-hydrogen) atoms.